The lowest BCUT2D eigenvalue weighted by molar-refractivity contribution is -0.122. The van der Waals surface area contributed by atoms with E-state index in [0.29, 0.717) is 6.54 Å². The zero-order valence-electron chi connectivity index (χ0n) is 11.8. The third-order valence-corrected chi connectivity index (χ3v) is 3.22. The van der Waals surface area contributed by atoms with E-state index in [1.165, 1.54) is 0 Å². The Hall–Kier alpha value is -2.14. The van der Waals surface area contributed by atoms with Crippen LogP contribution >= 0.6 is 0 Å². The van der Waals surface area contributed by atoms with E-state index in [1.54, 1.807) is 4.68 Å². The van der Waals surface area contributed by atoms with E-state index in [2.05, 4.69) is 10.4 Å². The summed E-state index contributed by atoms with van der Waals surface area (Å²) in [5, 5.41) is 7.21. The van der Waals surface area contributed by atoms with Crippen LogP contribution in [0.25, 0.3) is 0 Å². The van der Waals surface area contributed by atoms with Gasteiger partial charge in [0.05, 0.1) is 5.69 Å². The average Bonchev–Trinajstić information content (AvgIpc) is 2.85. The number of carbonyl (C=O) groups is 1. The van der Waals surface area contributed by atoms with Crippen molar-refractivity contribution in [3.05, 3.63) is 53.3 Å². The van der Waals surface area contributed by atoms with E-state index < -0.39 is 6.04 Å². The minimum absolute atomic E-state index is 0.179. The van der Waals surface area contributed by atoms with Gasteiger partial charge in [-0.1, -0.05) is 37.3 Å². The molecule has 0 fully saturated rings. The Morgan fingerprint density at radius 1 is 1.40 bits per heavy atom. The van der Waals surface area contributed by atoms with Crippen LogP contribution < -0.4 is 11.1 Å². The minimum atomic E-state index is -0.641. The first-order valence-corrected chi connectivity index (χ1v) is 6.71. The molecule has 2 rings (SSSR count). The fourth-order valence-electron chi connectivity index (χ4n) is 2.13. The molecular weight excluding hydrogens is 252 g/mol. The fraction of sp³-hybridized carbons (Fsp3) is 0.333. The number of benzene rings is 1. The Morgan fingerprint density at radius 3 is 2.75 bits per heavy atom. The summed E-state index contributed by atoms with van der Waals surface area (Å²) >= 11 is 0. The number of hydrogen-bond donors (Lipinski definition) is 2. The van der Waals surface area contributed by atoms with E-state index in [0.717, 1.165) is 23.2 Å². The molecule has 0 saturated carbocycles. The number of carbonyl (C=O) groups excluding carboxylic acids is 1. The number of nitrogens with two attached hydrogens (primary N) is 1. The molecule has 0 saturated heterocycles. The van der Waals surface area contributed by atoms with Gasteiger partial charge in [0, 0.05) is 25.4 Å². The maximum atomic E-state index is 12.1. The summed E-state index contributed by atoms with van der Waals surface area (Å²) < 4.78 is 1.76. The van der Waals surface area contributed by atoms with Gasteiger partial charge in [0.15, 0.2) is 0 Å². The standard InChI is InChI=1S/C15H20N4O/c1-3-13-12(10-19(2)18-13)9-17-15(20)14(16)11-7-5-4-6-8-11/h4-8,10,14H,3,9,16H2,1-2H3,(H,17,20). The summed E-state index contributed by atoms with van der Waals surface area (Å²) in [5.41, 5.74) is 8.79. The van der Waals surface area contributed by atoms with Crippen molar-refractivity contribution >= 4 is 5.91 Å². The van der Waals surface area contributed by atoms with Gasteiger partial charge in [-0.05, 0) is 12.0 Å². The number of rotatable bonds is 5. The van der Waals surface area contributed by atoms with Crippen LogP contribution in [0, 0.1) is 0 Å². The predicted molar refractivity (Wildman–Crippen MR) is 77.8 cm³/mol. The van der Waals surface area contributed by atoms with Gasteiger partial charge in [0.25, 0.3) is 0 Å². The normalized spacial score (nSPS) is 12.2. The quantitative estimate of drug-likeness (QED) is 0.861. The molecule has 5 heteroatoms. The molecule has 0 radical (unpaired) electrons. The van der Waals surface area contributed by atoms with Crippen molar-refractivity contribution in [2.45, 2.75) is 25.9 Å². The molecule has 1 heterocycles. The van der Waals surface area contributed by atoms with Gasteiger partial charge in [0.2, 0.25) is 5.91 Å². The summed E-state index contributed by atoms with van der Waals surface area (Å²) in [5.74, 6) is -0.179. The minimum Gasteiger partial charge on any atom is -0.350 e. The Labute approximate surface area is 118 Å². The number of nitrogens with zero attached hydrogens (tertiary/aromatic N) is 2. The van der Waals surface area contributed by atoms with E-state index in [9.17, 15) is 4.79 Å². The monoisotopic (exact) mass is 272 g/mol. The molecule has 0 aliphatic rings. The lowest BCUT2D eigenvalue weighted by Crippen LogP contribution is -2.33. The van der Waals surface area contributed by atoms with Gasteiger partial charge in [0.1, 0.15) is 6.04 Å². The maximum Gasteiger partial charge on any atom is 0.241 e. The molecule has 3 N–H and O–H groups in total. The second kappa shape index (κ2) is 6.34. The molecule has 20 heavy (non-hydrogen) atoms. The first-order chi connectivity index (χ1) is 9.61. The predicted octanol–water partition coefficient (Wildman–Crippen LogP) is 1.30. The number of aromatic nitrogens is 2. The lowest BCUT2D eigenvalue weighted by Gasteiger charge is -2.12. The van der Waals surface area contributed by atoms with Crippen molar-refractivity contribution in [2.75, 3.05) is 0 Å². The van der Waals surface area contributed by atoms with Crippen molar-refractivity contribution in [3.63, 3.8) is 0 Å². The zero-order chi connectivity index (χ0) is 14.5. The number of hydrogen-bond acceptors (Lipinski definition) is 3. The van der Waals surface area contributed by atoms with Crippen LogP contribution in [0.1, 0.15) is 29.8 Å². The second-order valence-corrected chi connectivity index (χ2v) is 4.73. The summed E-state index contributed by atoms with van der Waals surface area (Å²) in [6.45, 7) is 2.50. The molecule has 0 spiro atoms. The zero-order valence-corrected chi connectivity index (χ0v) is 11.8. The summed E-state index contributed by atoms with van der Waals surface area (Å²) in [7, 11) is 1.88. The molecule has 0 bridgehead atoms. The molecule has 0 aliphatic carbocycles. The highest BCUT2D eigenvalue weighted by Crippen LogP contribution is 2.11. The fourth-order valence-corrected chi connectivity index (χ4v) is 2.13. The third kappa shape index (κ3) is 3.24. The van der Waals surface area contributed by atoms with Gasteiger partial charge in [-0.15, -0.1) is 0 Å². The Bertz CT molecular complexity index is 577. The molecule has 0 aliphatic heterocycles. The van der Waals surface area contributed by atoms with Gasteiger partial charge >= 0.3 is 0 Å². The van der Waals surface area contributed by atoms with Gasteiger partial charge in [-0.2, -0.15) is 5.10 Å². The first-order valence-electron chi connectivity index (χ1n) is 6.71. The molecule has 1 aromatic heterocycles. The lowest BCUT2D eigenvalue weighted by atomic mass is 10.1. The first kappa shape index (κ1) is 14.3. The number of aryl methyl sites for hydroxylation is 2. The van der Waals surface area contributed by atoms with Crippen LogP contribution in [0.4, 0.5) is 0 Å². The number of nitrogens with one attached hydrogen (secondary N) is 1. The molecule has 1 aromatic carbocycles. The van der Waals surface area contributed by atoms with Crippen molar-refractivity contribution in [1.82, 2.24) is 15.1 Å². The van der Waals surface area contributed by atoms with Crippen LogP contribution in [-0.2, 0) is 24.8 Å². The van der Waals surface area contributed by atoms with Gasteiger partial charge in [-0.3, -0.25) is 9.48 Å². The van der Waals surface area contributed by atoms with E-state index in [4.69, 9.17) is 5.73 Å². The number of amides is 1. The molecule has 106 valence electrons. The average molecular weight is 272 g/mol. The highest BCUT2D eigenvalue weighted by molar-refractivity contribution is 5.82. The molecule has 5 nitrogen and oxygen atoms in total. The van der Waals surface area contributed by atoms with Crippen molar-refractivity contribution in [2.24, 2.45) is 12.8 Å². The highest BCUT2D eigenvalue weighted by atomic mass is 16.2. The van der Waals surface area contributed by atoms with Crippen LogP contribution in [0.15, 0.2) is 36.5 Å². The third-order valence-electron chi connectivity index (χ3n) is 3.22. The van der Waals surface area contributed by atoms with Crippen LogP contribution in [0.3, 0.4) is 0 Å². The smallest absolute Gasteiger partial charge is 0.241 e. The summed E-state index contributed by atoms with van der Waals surface area (Å²) in [4.78, 5) is 12.1. The Morgan fingerprint density at radius 2 is 2.10 bits per heavy atom. The van der Waals surface area contributed by atoms with Crippen molar-refractivity contribution in [1.29, 1.82) is 0 Å². The second-order valence-electron chi connectivity index (χ2n) is 4.73. The van der Waals surface area contributed by atoms with Gasteiger partial charge < -0.3 is 11.1 Å². The van der Waals surface area contributed by atoms with Crippen LogP contribution in [0.2, 0.25) is 0 Å². The van der Waals surface area contributed by atoms with E-state index >= 15 is 0 Å². The Balaban J connectivity index is 1.98. The highest BCUT2D eigenvalue weighted by Gasteiger charge is 2.15. The van der Waals surface area contributed by atoms with E-state index in [1.807, 2.05) is 50.5 Å². The summed E-state index contributed by atoms with van der Waals surface area (Å²) in [6, 6.07) is 8.71. The molecule has 1 unspecified atom stereocenters. The van der Waals surface area contributed by atoms with Crippen LogP contribution in [0.5, 0.6) is 0 Å². The van der Waals surface area contributed by atoms with Crippen LogP contribution in [-0.4, -0.2) is 15.7 Å². The maximum absolute atomic E-state index is 12.1. The molecular formula is C15H20N4O. The molecule has 1 atom stereocenters. The molecule has 2 aromatic rings. The van der Waals surface area contributed by atoms with Crippen molar-refractivity contribution in [3.8, 4) is 0 Å². The topological polar surface area (TPSA) is 72.9 Å². The summed E-state index contributed by atoms with van der Waals surface area (Å²) in [6.07, 6.45) is 2.77. The Kier molecular flexibility index (Phi) is 4.53. The van der Waals surface area contributed by atoms with Crippen molar-refractivity contribution < 1.29 is 4.79 Å². The SMILES string of the molecule is CCc1nn(C)cc1CNC(=O)C(N)c1ccccc1. The largest absolute Gasteiger partial charge is 0.350 e. The molecule has 1 amide bonds. The van der Waals surface area contributed by atoms with Gasteiger partial charge in [-0.25, -0.2) is 0 Å². The van der Waals surface area contributed by atoms with E-state index in [-0.39, 0.29) is 5.91 Å².